The molecule has 0 aliphatic rings. The number of hydrogen-bond donors (Lipinski definition) is 3. The SMILES string of the molecule is CCN(CC)CCCN(Cc1ccc(C(=O)Nc2ccccc2N)nc1)C(=O)Nc1ccc(N(C)C)cc1. The summed E-state index contributed by atoms with van der Waals surface area (Å²) in [5.74, 6) is -0.343. The molecule has 38 heavy (non-hydrogen) atoms. The molecule has 3 rings (SSSR count). The monoisotopic (exact) mass is 517 g/mol. The maximum atomic E-state index is 13.3. The topological polar surface area (TPSA) is 107 Å². The summed E-state index contributed by atoms with van der Waals surface area (Å²) >= 11 is 0. The average molecular weight is 518 g/mol. The van der Waals surface area contributed by atoms with Crippen molar-refractivity contribution in [1.82, 2.24) is 14.8 Å². The van der Waals surface area contributed by atoms with Crippen molar-refractivity contribution in [2.24, 2.45) is 0 Å². The molecule has 0 radical (unpaired) electrons. The number of aromatic nitrogens is 1. The smallest absolute Gasteiger partial charge is 0.322 e. The van der Waals surface area contributed by atoms with E-state index in [1.807, 2.05) is 49.3 Å². The van der Waals surface area contributed by atoms with Crippen molar-refractivity contribution >= 4 is 34.7 Å². The highest BCUT2D eigenvalue weighted by Crippen LogP contribution is 2.19. The van der Waals surface area contributed by atoms with Crippen molar-refractivity contribution in [1.29, 1.82) is 0 Å². The minimum atomic E-state index is -0.343. The van der Waals surface area contributed by atoms with Crippen LogP contribution in [-0.2, 0) is 6.54 Å². The largest absolute Gasteiger partial charge is 0.397 e. The molecule has 0 aliphatic heterocycles. The quantitative estimate of drug-likeness (QED) is 0.300. The molecule has 0 bridgehead atoms. The van der Waals surface area contributed by atoms with E-state index in [0.29, 0.717) is 24.5 Å². The molecule has 4 N–H and O–H groups in total. The number of urea groups is 1. The maximum absolute atomic E-state index is 13.3. The van der Waals surface area contributed by atoms with E-state index >= 15 is 0 Å². The summed E-state index contributed by atoms with van der Waals surface area (Å²) in [6, 6.07) is 18.1. The summed E-state index contributed by atoms with van der Waals surface area (Å²) in [6.07, 6.45) is 2.49. The number of benzene rings is 2. The zero-order chi connectivity index (χ0) is 27.5. The number of nitrogens with zero attached hydrogens (tertiary/aromatic N) is 4. The number of carbonyl (C=O) groups is 2. The Morgan fingerprint density at radius 1 is 0.895 bits per heavy atom. The van der Waals surface area contributed by atoms with Gasteiger partial charge in [-0.3, -0.25) is 9.78 Å². The van der Waals surface area contributed by atoms with E-state index in [4.69, 9.17) is 5.73 Å². The van der Waals surface area contributed by atoms with Crippen LogP contribution in [-0.4, -0.2) is 67.0 Å². The fourth-order valence-electron chi connectivity index (χ4n) is 3.99. The fraction of sp³-hybridized carbons (Fsp3) is 0.345. The van der Waals surface area contributed by atoms with Gasteiger partial charge in [-0.05, 0) is 74.1 Å². The molecule has 1 aromatic heterocycles. The van der Waals surface area contributed by atoms with Crippen LogP contribution in [0.5, 0.6) is 0 Å². The molecule has 3 amide bonds. The highest BCUT2D eigenvalue weighted by atomic mass is 16.2. The number of hydrogen-bond acceptors (Lipinski definition) is 6. The summed E-state index contributed by atoms with van der Waals surface area (Å²) in [4.78, 5) is 36.4. The Kier molecular flexibility index (Phi) is 10.5. The standard InChI is InChI=1S/C29H39N7O2/c1-5-35(6-2)18-9-19-36(29(38)32-23-13-15-24(16-14-23)34(3)4)21-22-12-17-27(31-20-22)28(37)33-26-11-8-7-10-25(26)30/h7-8,10-17,20H,5-6,9,18-19,21,30H2,1-4H3,(H,32,38)(H,33,37). The number of nitrogens with two attached hydrogens (primary N) is 1. The summed E-state index contributed by atoms with van der Waals surface area (Å²) in [6.45, 7) is 8.11. The van der Waals surface area contributed by atoms with Gasteiger partial charge in [-0.2, -0.15) is 0 Å². The molecule has 2 aromatic carbocycles. The third-order valence-electron chi connectivity index (χ3n) is 6.36. The van der Waals surface area contributed by atoms with Crippen molar-refractivity contribution in [3.05, 3.63) is 78.1 Å². The summed E-state index contributed by atoms with van der Waals surface area (Å²) in [5, 5.41) is 5.80. The molecule has 0 fully saturated rings. The number of rotatable bonds is 12. The summed E-state index contributed by atoms with van der Waals surface area (Å²) < 4.78 is 0. The Morgan fingerprint density at radius 3 is 2.21 bits per heavy atom. The molecule has 3 aromatic rings. The van der Waals surface area contributed by atoms with Crippen molar-refractivity contribution in [3.63, 3.8) is 0 Å². The minimum Gasteiger partial charge on any atom is -0.397 e. The van der Waals surface area contributed by atoms with Crippen molar-refractivity contribution in [2.75, 3.05) is 61.5 Å². The zero-order valence-corrected chi connectivity index (χ0v) is 22.8. The Morgan fingerprint density at radius 2 is 1.61 bits per heavy atom. The fourth-order valence-corrected chi connectivity index (χ4v) is 3.99. The van der Waals surface area contributed by atoms with E-state index in [-0.39, 0.29) is 17.6 Å². The van der Waals surface area contributed by atoms with Crippen LogP contribution in [0.1, 0.15) is 36.3 Å². The summed E-state index contributed by atoms with van der Waals surface area (Å²) in [7, 11) is 3.95. The molecule has 0 spiro atoms. The number of nitrogens with one attached hydrogen (secondary N) is 2. The van der Waals surface area contributed by atoms with E-state index in [9.17, 15) is 9.59 Å². The van der Waals surface area contributed by atoms with Crippen LogP contribution in [0.3, 0.4) is 0 Å². The van der Waals surface area contributed by atoms with Gasteiger partial charge in [0.1, 0.15) is 5.69 Å². The first-order valence-electron chi connectivity index (χ1n) is 13.0. The van der Waals surface area contributed by atoms with Gasteiger partial charge >= 0.3 is 6.03 Å². The first kappa shape index (κ1) is 28.5. The number of amides is 3. The maximum Gasteiger partial charge on any atom is 0.322 e. The van der Waals surface area contributed by atoms with Crippen LogP contribution < -0.4 is 21.3 Å². The molecular weight excluding hydrogens is 478 g/mol. The normalized spacial score (nSPS) is 10.8. The average Bonchev–Trinajstić information content (AvgIpc) is 2.92. The second kappa shape index (κ2) is 14.0. The van der Waals surface area contributed by atoms with Gasteiger partial charge in [-0.1, -0.05) is 32.0 Å². The Balaban J connectivity index is 1.68. The lowest BCUT2D eigenvalue weighted by atomic mass is 10.2. The van der Waals surface area contributed by atoms with Gasteiger partial charge < -0.3 is 31.1 Å². The number of anilines is 4. The molecule has 0 saturated heterocycles. The lowest BCUT2D eigenvalue weighted by Crippen LogP contribution is -2.37. The van der Waals surface area contributed by atoms with Crippen LogP contribution >= 0.6 is 0 Å². The van der Waals surface area contributed by atoms with Gasteiger partial charge in [0, 0.05) is 44.8 Å². The lowest BCUT2D eigenvalue weighted by Gasteiger charge is -2.25. The van der Waals surface area contributed by atoms with Crippen molar-refractivity contribution < 1.29 is 9.59 Å². The van der Waals surface area contributed by atoms with Gasteiger partial charge in [0.25, 0.3) is 5.91 Å². The molecule has 9 nitrogen and oxygen atoms in total. The number of pyridine rings is 1. The molecule has 202 valence electrons. The van der Waals surface area contributed by atoms with Crippen molar-refractivity contribution in [2.45, 2.75) is 26.8 Å². The Labute approximate surface area is 225 Å². The van der Waals surface area contributed by atoms with Crippen molar-refractivity contribution in [3.8, 4) is 0 Å². The van der Waals surface area contributed by atoms with Gasteiger partial charge in [-0.25, -0.2) is 4.79 Å². The minimum absolute atomic E-state index is 0.177. The predicted octanol–water partition coefficient (Wildman–Crippen LogP) is 4.75. The highest BCUT2D eigenvalue weighted by Gasteiger charge is 2.16. The summed E-state index contributed by atoms with van der Waals surface area (Å²) in [5.41, 5.74) is 9.85. The second-order valence-electron chi connectivity index (χ2n) is 9.27. The third-order valence-corrected chi connectivity index (χ3v) is 6.36. The van der Waals surface area contributed by atoms with Gasteiger partial charge in [-0.15, -0.1) is 0 Å². The highest BCUT2D eigenvalue weighted by molar-refractivity contribution is 6.04. The molecule has 0 atom stereocenters. The van der Waals surface area contributed by atoms with Crippen LogP contribution in [0.2, 0.25) is 0 Å². The van der Waals surface area contributed by atoms with Gasteiger partial charge in [0.05, 0.1) is 11.4 Å². The lowest BCUT2D eigenvalue weighted by molar-refractivity contribution is 0.102. The molecule has 1 heterocycles. The van der Waals surface area contributed by atoms with E-state index < -0.39 is 0 Å². The van der Waals surface area contributed by atoms with E-state index in [1.54, 1.807) is 41.4 Å². The molecule has 0 aliphatic carbocycles. The number of nitrogen functional groups attached to an aromatic ring is 1. The zero-order valence-electron chi connectivity index (χ0n) is 22.8. The van der Waals surface area contributed by atoms with Gasteiger partial charge in [0.2, 0.25) is 0 Å². The van der Waals surface area contributed by atoms with Crippen LogP contribution in [0, 0.1) is 0 Å². The number of carbonyl (C=O) groups excluding carboxylic acids is 2. The van der Waals surface area contributed by atoms with Gasteiger partial charge in [0.15, 0.2) is 0 Å². The van der Waals surface area contributed by atoms with Crippen LogP contribution in [0.15, 0.2) is 66.9 Å². The van der Waals surface area contributed by atoms with E-state index in [0.717, 1.165) is 43.0 Å². The second-order valence-corrected chi connectivity index (χ2v) is 9.27. The predicted molar refractivity (Wildman–Crippen MR) is 156 cm³/mol. The third kappa shape index (κ3) is 8.21. The Hall–Kier alpha value is -4.11. The first-order chi connectivity index (χ1) is 18.3. The molecule has 9 heteroatoms. The van der Waals surface area contributed by atoms with E-state index in [1.165, 1.54) is 0 Å². The van der Waals surface area contributed by atoms with Crippen LogP contribution in [0.4, 0.5) is 27.5 Å². The number of para-hydroxylation sites is 2. The molecule has 0 unspecified atom stereocenters. The molecule has 0 saturated carbocycles. The van der Waals surface area contributed by atoms with E-state index in [2.05, 4.69) is 34.4 Å². The van der Waals surface area contributed by atoms with Crippen LogP contribution in [0.25, 0.3) is 0 Å². The first-order valence-corrected chi connectivity index (χ1v) is 13.0. The molecular formula is C29H39N7O2. The Bertz CT molecular complexity index is 1180.